The number of esters is 1. The Bertz CT molecular complexity index is 306. The molecule has 0 aromatic carbocycles. The maximum absolute atomic E-state index is 11.5. The maximum atomic E-state index is 11.5. The van der Waals surface area contributed by atoms with Crippen LogP contribution in [0.1, 0.15) is 71.1 Å². The molecule has 0 amide bonds. The lowest BCUT2D eigenvalue weighted by Crippen LogP contribution is -2.14. The molecular weight excluding hydrogens is 312 g/mol. The molecule has 0 aliphatic heterocycles. The molecule has 0 aromatic heterocycles. The third kappa shape index (κ3) is 18.9. The summed E-state index contributed by atoms with van der Waals surface area (Å²) in [5.41, 5.74) is 0. The molecule has 0 fully saturated rings. The second-order valence-corrected chi connectivity index (χ2v) is 5.86. The number of unbranched alkanes of at least 4 members (excludes halogenated alkanes) is 8. The Balaban J connectivity index is 3.17. The van der Waals surface area contributed by atoms with Gasteiger partial charge in [-0.3, -0.25) is 4.79 Å². The van der Waals surface area contributed by atoms with E-state index in [1.165, 1.54) is 44.9 Å². The van der Waals surface area contributed by atoms with Crippen LogP contribution >= 0.6 is 0 Å². The summed E-state index contributed by atoms with van der Waals surface area (Å²) in [5, 5.41) is 8.35. The van der Waals surface area contributed by atoms with Gasteiger partial charge in [0.05, 0.1) is 19.8 Å². The predicted octanol–water partition coefficient (Wildman–Crippen LogP) is 3.57. The van der Waals surface area contributed by atoms with E-state index in [9.17, 15) is 9.59 Å². The minimum atomic E-state index is -1.000. The number of hydrogen-bond acceptors (Lipinski definition) is 5. The molecule has 24 heavy (non-hydrogen) atoms. The minimum absolute atomic E-state index is 0.177. The van der Waals surface area contributed by atoms with Gasteiger partial charge in [0.2, 0.25) is 0 Å². The van der Waals surface area contributed by atoms with Crippen LogP contribution in [-0.2, 0) is 23.8 Å². The Morgan fingerprint density at radius 2 is 1.29 bits per heavy atom. The van der Waals surface area contributed by atoms with E-state index in [4.69, 9.17) is 19.3 Å². The molecule has 0 aliphatic rings. The number of rotatable bonds is 18. The first-order valence-electron chi connectivity index (χ1n) is 9.19. The molecule has 0 atom stereocenters. The number of carbonyl (C=O) groups excluding carboxylic acids is 1. The van der Waals surface area contributed by atoms with Crippen LogP contribution in [0.25, 0.3) is 0 Å². The lowest BCUT2D eigenvalue weighted by atomic mass is 10.1. The monoisotopic (exact) mass is 346 g/mol. The second kappa shape index (κ2) is 18.2. The third-order valence-electron chi connectivity index (χ3n) is 3.57. The largest absolute Gasteiger partial charge is 0.480 e. The average Bonchev–Trinajstić information content (AvgIpc) is 2.55. The van der Waals surface area contributed by atoms with Gasteiger partial charge in [-0.2, -0.15) is 0 Å². The summed E-state index contributed by atoms with van der Waals surface area (Å²) in [6.07, 6.45) is 11.5. The number of carboxylic acid groups (broad SMARTS) is 1. The van der Waals surface area contributed by atoms with Gasteiger partial charge in [-0.25, -0.2) is 4.79 Å². The van der Waals surface area contributed by atoms with Crippen LogP contribution in [0, 0.1) is 0 Å². The van der Waals surface area contributed by atoms with Crippen molar-refractivity contribution >= 4 is 11.9 Å². The van der Waals surface area contributed by atoms with Gasteiger partial charge in [-0.1, -0.05) is 58.3 Å². The van der Waals surface area contributed by atoms with Crippen LogP contribution in [0.5, 0.6) is 0 Å². The van der Waals surface area contributed by atoms with Crippen molar-refractivity contribution in [3.05, 3.63) is 0 Å². The summed E-state index contributed by atoms with van der Waals surface area (Å²) in [6, 6.07) is 0. The summed E-state index contributed by atoms with van der Waals surface area (Å²) >= 11 is 0. The fourth-order valence-electron chi connectivity index (χ4n) is 2.25. The highest BCUT2D eigenvalue weighted by molar-refractivity contribution is 5.69. The van der Waals surface area contributed by atoms with E-state index in [0.29, 0.717) is 19.6 Å². The summed E-state index contributed by atoms with van der Waals surface area (Å²) in [5.74, 6) is -1.18. The summed E-state index contributed by atoms with van der Waals surface area (Å²) in [6.45, 7) is 2.95. The minimum Gasteiger partial charge on any atom is -0.480 e. The van der Waals surface area contributed by atoms with E-state index in [0.717, 1.165) is 12.8 Å². The molecule has 0 unspecified atom stereocenters. The van der Waals surface area contributed by atoms with Crippen molar-refractivity contribution in [3.63, 3.8) is 0 Å². The Morgan fingerprint density at radius 1 is 0.750 bits per heavy atom. The fraction of sp³-hybridized carbons (Fsp3) is 0.889. The van der Waals surface area contributed by atoms with Gasteiger partial charge in [0, 0.05) is 6.42 Å². The van der Waals surface area contributed by atoms with Gasteiger partial charge in [-0.15, -0.1) is 0 Å². The number of hydrogen-bond donors (Lipinski definition) is 1. The predicted molar refractivity (Wildman–Crippen MR) is 92.1 cm³/mol. The highest BCUT2D eigenvalue weighted by Crippen LogP contribution is 2.10. The first-order valence-corrected chi connectivity index (χ1v) is 9.19. The number of carbonyl (C=O) groups is 2. The molecule has 0 radical (unpaired) electrons. The molecule has 0 aliphatic carbocycles. The molecule has 1 N–H and O–H groups in total. The van der Waals surface area contributed by atoms with Crippen molar-refractivity contribution in [2.45, 2.75) is 71.1 Å². The fourth-order valence-corrected chi connectivity index (χ4v) is 2.25. The molecular formula is C18H34O6. The third-order valence-corrected chi connectivity index (χ3v) is 3.57. The van der Waals surface area contributed by atoms with Gasteiger partial charge in [0.25, 0.3) is 0 Å². The quantitative estimate of drug-likeness (QED) is 0.302. The van der Waals surface area contributed by atoms with Crippen LogP contribution in [0.2, 0.25) is 0 Å². The molecule has 0 spiro atoms. The molecule has 142 valence electrons. The zero-order chi connectivity index (χ0) is 17.9. The van der Waals surface area contributed by atoms with Crippen molar-refractivity contribution < 1.29 is 28.9 Å². The smallest absolute Gasteiger partial charge is 0.329 e. The number of aliphatic carboxylic acids is 1. The second-order valence-electron chi connectivity index (χ2n) is 5.86. The molecule has 0 bridgehead atoms. The van der Waals surface area contributed by atoms with Gasteiger partial charge < -0.3 is 19.3 Å². The van der Waals surface area contributed by atoms with E-state index in [1.807, 2.05) is 0 Å². The van der Waals surface area contributed by atoms with E-state index < -0.39 is 5.97 Å². The number of ether oxygens (including phenoxy) is 3. The van der Waals surface area contributed by atoms with Crippen molar-refractivity contribution in [2.75, 3.05) is 33.0 Å². The molecule has 0 saturated heterocycles. The SMILES string of the molecule is CCCCCCCCCCCC(=O)OCCOCCOCC(=O)O. The van der Waals surface area contributed by atoms with E-state index in [2.05, 4.69) is 6.92 Å². The lowest BCUT2D eigenvalue weighted by molar-refractivity contribution is -0.146. The normalized spacial score (nSPS) is 10.7. The molecule has 6 heteroatoms. The standard InChI is InChI=1S/C18H34O6/c1-2-3-4-5-6-7-8-9-10-11-18(21)24-15-14-22-12-13-23-16-17(19)20/h2-16H2,1H3,(H,19,20). The van der Waals surface area contributed by atoms with Crippen molar-refractivity contribution in [1.29, 1.82) is 0 Å². The molecule has 0 rings (SSSR count). The summed E-state index contributed by atoms with van der Waals surface area (Å²) < 4.78 is 15.0. The highest BCUT2D eigenvalue weighted by atomic mass is 16.6. The van der Waals surface area contributed by atoms with Crippen LogP contribution in [0.3, 0.4) is 0 Å². The maximum Gasteiger partial charge on any atom is 0.329 e. The van der Waals surface area contributed by atoms with Crippen LogP contribution in [-0.4, -0.2) is 50.1 Å². The van der Waals surface area contributed by atoms with E-state index >= 15 is 0 Å². The van der Waals surface area contributed by atoms with Gasteiger partial charge in [0.1, 0.15) is 13.2 Å². The van der Waals surface area contributed by atoms with Gasteiger partial charge in [-0.05, 0) is 6.42 Å². The Hall–Kier alpha value is -1.14. The molecule has 0 saturated carbocycles. The lowest BCUT2D eigenvalue weighted by Gasteiger charge is -2.06. The molecule has 6 nitrogen and oxygen atoms in total. The van der Waals surface area contributed by atoms with Crippen LogP contribution in [0.4, 0.5) is 0 Å². The first kappa shape index (κ1) is 22.9. The summed E-state index contributed by atoms with van der Waals surface area (Å²) in [7, 11) is 0. The average molecular weight is 346 g/mol. The van der Waals surface area contributed by atoms with Crippen LogP contribution in [0.15, 0.2) is 0 Å². The van der Waals surface area contributed by atoms with E-state index in [-0.39, 0.29) is 25.8 Å². The van der Waals surface area contributed by atoms with Gasteiger partial charge in [0.15, 0.2) is 0 Å². The van der Waals surface area contributed by atoms with Crippen LogP contribution < -0.4 is 0 Å². The van der Waals surface area contributed by atoms with E-state index in [1.54, 1.807) is 0 Å². The Kier molecular flexibility index (Phi) is 17.3. The zero-order valence-corrected chi connectivity index (χ0v) is 15.1. The molecule has 0 heterocycles. The van der Waals surface area contributed by atoms with Crippen molar-refractivity contribution in [2.24, 2.45) is 0 Å². The topological polar surface area (TPSA) is 82.1 Å². The number of carboxylic acids is 1. The summed E-state index contributed by atoms with van der Waals surface area (Å²) in [4.78, 5) is 21.7. The first-order chi connectivity index (χ1) is 11.7. The Labute approximate surface area is 145 Å². The van der Waals surface area contributed by atoms with Gasteiger partial charge >= 0.3 is 11.9 Å². The zero-order valence-electron chi connectivity index (χ0n) is 15.1. The Morgan fingerprint density at radius 3 is 1.92 bits per heavy atom. The van der Waals surface area contributed by atoms with Crippen molar-refractivity contribution in [3.8, 4) is 0 Å². The van der Waals surface area contributed by atoms with Crippen molar-refractivity contribution in [1.82, 2.24) is 0 Å². The molecule has 0 aromatic rings. The highest BCUT2D eigenvalue weighted by Gasteiger charge is 2.02.